The van der Waals surface area contributed by atoms with Gasteiger partial charge in [0, 0.05) is 81.6 Å². The summed E-state index contributed by atoms with van der Waals surface area (Å²) in [6.45, 7) is 7.05. The third kappa shape index (κ3) is 7.59. The van der Waals surface area contributed by atoms with Gasteiger partial charge in [0.25, 0.3) is 0 Å². The van der Waals surface area contributed by atoms with Gasteiger partial charge in [0.2, 0.25) is 11.8 Å². The first-order chi connectivity index (χ1) is 27.4. The molecule has 0 saturated carbocycles. The summed E-state index contributed by atoms with van der Waals surface area (Å²) in [7, 11) is 0. The Bertz CT molecular complexity index is 2070. The van der Waals surface area contributed by atoms with Crippen molar-refractivity contribution in [3.05, 3.63) is 125 Å². The van der Waals surface area contributed by atoms with Crippen molar-refractivity contribution in [1.82, 2.24) is 15.1 Å². The number of piperidine rings is 2. The Morgan fingerprint density at radius 2 is 1.38 bits per heavy atom. The molecule has 2 N–H and O–H groups in total. The second-order valence-corrected chi connectivity index (χ2v) is 16.9. The molecule has 5 heterocycles. The molecule has 4 fully saturated rings. The maximum absolute atomic E-state index is 12.5. The lowest BCUT2D eigenvalue weighted by Crippen LogP contribution is -2.55. The maximum Gasteiger partial charge on any atom is 0.243 e. The Balaban J connectivity index is 0.819. The summed E-state index contributed by atoms with van der Waals surface area (Å²) >= 11 is 6.39. The second-order valence-electron chi connectivity index (χ2n) is 16.5. The van der Waals surface area contributed by atoms with Gasteiger partial charge in [-0.1, -0.05) is 60.7 Å². The number of rotatable bonds is 10. The van der Waals surface area contributed by atoms with Crippen molar-refractivity contribution in [2.24, 2.45) is 5.92 Å². The Labute approximate surface area is 335 Å². The van der Waals surface area contributed by atoms with E-state index in [0.717, 1.165) is 62.4 Å². The molecule has 9 rings (SSSR count). The van der Waals surface area contributed by atoms with Gasteiger partial charge in [-0.15, -0.1) is 11.6 Å². The highest BCUT2D eigenvalue weighted by Gasteiger charge is 2.41. The van der Waals surface area contributed by atoms with Gasteiger partial charge in [-0.25, -0.2) is 0 Å². The fourth-order valence-corrected chi connectivity index (χ4v) is 10.3. The predicted octanol–water partition coefficient (Wildman–Crippen LogP) is 7.67. The SMILES string of the molecule is O=C1CCC(N2Cc3ccc(N4CC5CCC(C4)N5CC4CCN(c5ccc(C(=C(CCCl)c6ccccc6)c6ccc(O)cc6)cc5)CC4)cc3C2)C(=O)N1. The van der Waals surface area contributed by atoms with Gasteiger partial charge in [-0.05, 0) is 120 Å². The Morgan fingerprint density at radius 1 is 0.714 bits per heavy atom. The molecule has 4 saturated heterocycles. The molecule has 9 heteroatoms. The molecule has 0 radical (unpaired) electrons. The standard InChI is InChI=1S/C47H52ClN5O3/c48-23-20-43(33-4-2-1-3-5-33)46(35-9-16-42(54)17-10-35)34-6-11-38(12-7-34)50-24-21-32(22-25-50)27-53-40-14-15-41(53)31-51(30-40)39-13-8-36-28-52(29-37(36)26-39)44-18-19-45(55)49-47(44)56/h1-13,16-17,26,32,40-41,44,54H,14-15,18-25,27-31H2,(H,49,55,56). The van der Waals surface area contributed by atoms with Crippen LogP contribution < -0.4 is 15.1 Å². The number of fused-ring (bicyclic) bond motifs is 3. The highest BCUT2D eigenvalue weighted by molar-refractivity contribution is 6.18. The number of carbonyl (C=O) groups excluding carboxylic acids is 2. The summed E-state index contributed by atoms with van der Waals surface area (Å²) in [4.78, 5) is 34.5. The molecule has 290 valence electrons. The fraction of sp³-hybridized carbons (Fsp3) is 0.404. The van der Waals surface area contributed by atoms with E-state index in [1.54, 1.807) is 12.1 Å². The van der Waals surface area contributed by atoms with Gasteiger partial charge in [0.1, 0.15) is 5.75 Å². The van der Waals surface area contributed by atoms with Gasteiger partial charge < -0.3 is 14.9 Å². The normalized spacial score (nSPS) is 23.6. The number of hydrogen-bond acceptors (Lipinski definition) is 7. The number of aromatic hydroxyl groups is 1. The zero-order valence-electron chi connectivity index (χ0n) is 32.1. The van der Waals surface area contributed by atoms with Crippen molar-refractivity contribution in [2.45, 2.75) is 76.2 Å². The lowest BCUT2D eigenvalue weighted by atomic mass is 9.88. The molecule has 3 atom stereocenters. The molecular weight excluding hydrogens is 718 g/mol. The number of benzene rings is 4. The quantitative estimate of drug-likeness (QED) is 0.0975. The minimum Gasteiger partial charge on any atom is -0.508 e. The van der Waals surface area contributed by atoms with Crippen LogP contribution in [-0.2, 0) is 22.7 Å². The van der Waals surface area contributed by atoms with Gasteiger partial charge in [0.05, 0.1) is 6.04 Å². The van der Waals surface area contributed by atoms with Gasteiger partial charge in [0.15, 0.2) is 0 Å². The minimum atomic E-state index is -0.219. The van der Waals surface area contributed by atoms with Gasteiger partial charge in [-0.3, -0.25) is 24.7 Å². The van der Waals surface area contributed by atoms with Crippen molar-refractivity contribution < 1.29 is 14.7 Å². The monoisotopic (exact) mass is 769 g/mol. The second kappa shape index (κ2) is 16.1. The number of piperazine rings is 1. The van der Waals surface area contributed by atoms with Crippen LogP contribution in [0.3, 0.4) is 0 Å². The van der Waals surface area contributed by atoms with E-state index in [1.807, 2.05) is 18.2 Å². The van der Waals surface area contributed by atoms with E-state index >= 15 is 0 Å². The number of nitrogens with one attached hydrogen (secondary N) is 1. The van der Waals surface area contributed by atoms with E-state index in [4.69, 9.17) is 11.6 Å². The third-order valence-corrected chi connectivity index (χ3v) is 13.3. The lowest BCUT2D eigenvalue weighted by molar-refractivity contribution is -0.137. The van der Waals surface area contributed by atoms with Crippen LogP contribution in [0.1, 0.15) is 72.8 Å². The van der Waals surface area contributed by atoms with Crippen LogP contribution in [0.4, 0.5) is 11.4 Å². The van der Waals surface area contributed by atoms with Crippen molar-refractivity contribution in [1.29, 1.82) is 0 Å². The highest BCUT2D eigenvalue weighted by Crippen LogP contribution is 2.39. The highest BCUT2D eigenvalue weighted by atomic mass is 35.5. The number of amides is 2. The predicted molar refractivity (Wildman–Crippen MR) is 225 cm³/mol. The van der Waals surface area contributed by atoms with Crippen molar-refractivity contribution in [3.63, 3.8) is 0 Å². The van der Waals surface area contributed by atoms with Crippen molar-refractivity contribution >= 4 is 45.9 Å². The Morgan fingerprint density at radius 3 is 2.05 bits per heavy atom. The summed E-state index contributed by atoms with van der Waals surface area (Å²) in [6.07, 6.45) is 6.75. The number of imide groups is 1. The van der Waals surface area contributed by atoms with E-state index < -0.39 is 0 Å². The first-order valence-electron chi connectivity index (χ1n) is 20.6. The van der Waals surface area contributed by atoms with Crippen LogP contribution in [0.5, 0.6) is 5.75 Å². The molecule has 56 heavy (non-hydrogen) atoms. The lowest BCUT2D eigenvalue weighted by Gasteiger charge is -2.44. The number of allylic oxidation sites excluding steroid dienone is 1. The van der Waals surface area contributed by atoms with E-state index in [1.165, 1.54) is 65.9 Å². The van der Waals surface area contributed by atoms with E-state index in [2.05, 4.69) is 91.6 Å². The molecule has 0 aliphatic carbocycles. The molecule has 8 nitrogen and oxygen atoms in total. The van der Waals surface area contributed by atoms with Crippen LogP contribution in [0.25, 0.3) is 11.1 Å². The number of phenolic OH excluding ortho intramolecular Hbond substituents is 1. The molecular formula is C47H52ClN5O3. The average Bonchev–Trinajstić information content (AvgIpc) is 3.74. The van der Waals surface area contributed by atoms with Gasteiger partial charge >= 0.3 is 0 Å². The first kappa shape index (κ1) is 37.0. The Hall–Kier alpha value is -4.63. The van der Waals surface area contributed by atoms with Gasteiger partial charge in [-0.2, -0.15) is 0 Å². The summed E-state index contributed by atoms with van der Waals surface area (Å²) in [5.41, 5.74) is 11.0. The fourth-order valence-electron chi connectivity index (χ4n) is 10.2. The zero-order valence-corrected chi connectivity index (χ0v) is 32.8. The summed E-state index contributed by atoms with van der Waals surface area (Å²) < 4.78 is 0. The molecule has 2 amide bonds. The number of carbonyl (C=O) groups is 2. The molecule has 4 aromatic rings. The van der Waals surface area contributed by atoms with E-state index in [0.29, 0.717) is 36.7 Å². The van der Waals surface area contributed by atoms with Crippen LogP contribution in [0.2, 0.25) is 0 Å². The van der Waals surface area contributed by atoms with E-state index in [-0.39, 0.29) is 23.6 Å². The van der Waals surface area contributed by atoms with Crippen LogP contribution in [-0.4, -0.2) is 83.5 Å². The molecule has 0 spiro atoms. The number of nitrogens with zero attached hydrogens (tertiary/aromatic N) is 4. The van der Waals surface area contributed by atoms with Crippen LogP contribution >= 0.6 is 11.6 Å². The number of anilines is 2. The topological polar surface area (TPSA) is 79.4 Å². The Kier molecular flexibility index (Phi) is 10.6. The van der Waals surface area contributed by atoms with E-state index in [9.17, 15) is 14.7 Å². The van der Waals surface area contributed by atoms with Crippen molar-refractivity contribution in [3.8, 4) is 5.75 Å². The molecule has 2 bridgehead atoms. The third-order valence-electron chi connectivity index (χ3n) is 13.1. The maximum atomic E-state index is 12.5. The molecule has 3 unspecified atom stereocenters. The van der Waals surface area contributed by atoms with Crippen molar-refractivity contribution in [2.75, 3.05) is 48.4 Å². The molecule has 0 aromatic heterocycles. The minimum absolute atomic E-state index is 0.146. The zero-order chi connectivity index (χ0) is 38.2. The number of halogens is 1. The van der Waals surface area contributed by atoms with Crippen LogP contribution in [0, 0.1) is 5.92 Å². The molecule has 5 aliphatic heterocycles. The smallest absolute Gasteiger partial charge is 0.243 e. The molecule has 5 aliphatic rings. The summed E-state index contributed by atoms with van der Waals surface area (Å²) in [5.74, 6) is 1.20. The largest absolute Gasteiger partial charge is 0.508 e. The number of hydrogen-bond donors (Lipinski definition) is 2. The van der Waals surface area contributed by atoms with Crippen LogP contribution in [0.15, 0.2) is 97.1 Å². The number of alkyl halides is 1. The first-order valence-corrected chi connectivity index (χ1v) is 21.1. The summed E-state index contributed by atoms with van der Waals surface area (Å²) in [5, 5.41) is 12.6. The average molecular weight is 770 g/mol. The number of phenols is 1. The molecule has 4 aromatic carbocycles. The summed E-state index contributed by atoms with van der Waals surface area (Å²) in [6, 6.07) is 35.0.